The molecule has 0 radical (unpaired) electrons. The molecule has 0 spiro atoms. The van der Waals surface area contributed by atoms with Crippen molar-refractivity contribution in [2.45, 2.75) is 25.8 Å². The molecule has 1 saturated heterocycles. The molecule has 4 amide bonds. The van der Waals surface area contributed by atoms with E-state index in [2.05, 4.69) is 20.9 Å². The second-order valence-electron chi connectivity index (χ2n) is 5.69. The van der Waals surface area contributed by atoms with Crippen LogP contribution in [-0.4, -0.2) is 60.0 Å². The molecule has 0 saturated carbocycles. The molecule has 1 aliphatic heterocycles. The summed E-state index contributed by atoms with van der Waals surface area (Å²) >= 11 is 0. The maximum absolute atomic E-state index is 12.1. The van der Waals surface area contributed by atoms with Crippen molar-refractivity contribution in [1.29, 1.82) is 0 Å². The van der Waals surface area contributed by atoms with E-state index in [9.17, 15) is 14.4 Å². The molecule has 3 N–H and O–H groups in total. The number of carbonyl (C=O) groups excluding carboxylic acids is 3. The van der Waals surface area contributed by atoms with Gasteiger partial charge >= 0.3 is 6.03 Å². The molecule has 1 fully saturated rings. The quantitative estimate of drug-likeness (QED) is 0.666. The van der Waals surface area contributed by atoms with Crippen molar-refractivity contribution in [2.75, 3.05) is 26.2 Å². The largest absolute Gasteiger partial charge is 0.355 e. The lowest BCUT2D eigenvalue weighted by atomic mass is 10.0. The van der Waals surface area contributed by atoms with Gasteiger partial charge in [0.25, 0.3) is 5.91 Å². The number of aromatic nitrogens is 1. The molecule has 0 bridgehead atoms. The van der Waals surface area contributed by atoms with Crippen LogP contribution in [0.3, 0.4) is 0 Å². The minimum atomic E-state index is -0.140. The van der Waals surface area contributed by atoms with Crippen molar-refractivity contribution < 1.29 is 14.4 Å². The average Bonchev–Trinajstić information content (AvgIpc) is 2.59. The van der Waals surface area contributed by atoms with Gasteiger partial charge in [-0.25, -0.2) is 4.79 Å². The van der Waals surface area contributed by atoms with Crippen molar-refractivity contribution in [3.63, 3.8) is 0 Å². The molecule has 24 heavy (non-hydrogen) atoms. The summed E-state index contributed by atoms with van der Waals surface area (Å²) in [5.74, 6) is -0.231. The second kappa shape index (κ2) is 8.85. The normalized spacial score (nSPS) is 14.8. The molecular formula is C16H23N5O3. The smallest absolute Gasteiger partial charge is 0.317 e. The Morgan fingerprint density at radius 2 is 1.75 bits per heavy atom. The predicted molar refractivity (Wildman–Crippen MR) is 88.4 cm³/mol. The number of pyridine rings is 1. The van der Waals surface area contributed by atoms with Crippen LogP contribution < -0.4 is 16.0 Å². The van der Waals surface area contributed by atoms with E-state index in [0.29, 0.717) is 31.7 Å². The number of piperidine rings is 1. The SMILES string of the molecule is CC(=O)NCCNC(=O)N1CCC(NC(=O)c2ccncc2)CC1. The summed E-state index contributed by atoms with van der Waals surface area (Å²) in [5.41, 5.74) is 0.586. The highest BCUT2D eigenvalue weighted by molar-refractivity contribution is 5.94. The van der Waals surface area contributed by atoms with E-state index in [1.54, 1.807) is 29.4 Å². The van der Waals surface area contributed by atoms with Crippen LogP contribution in [0.25, 0.3) is 0 Å². The number of rotatable bonds is 5. The first-order valence-electron chi connectivity index (χ1n) is 8.04. The van der Waals surface area contributed by atoms with E-state index in [1.165, 1.54) is 6.92 Å². The monoisotopic (exact) mass is 333 g/mol. The zero-order chi connectivity index (χ0) is 17.4. The summed E-state index contributed by atoms with van der Waals surface area (Å²) in [4.78, 5) is 40.5. The Balaban J connectivity index is 1.68. The first-order valence-corrected chi connectivity index (χ1v) is 8.04. The zero-order valence-electron chi connectivity index (χ0n) is 13.7. The molecular weight excluding hydrogens is 310 g/mol. The van der Waals surface area contributed by atoms with Crippen molar-refractivity contribution in [3.05, 3.63) is 30.1 Å². The Morgan fingerprint density at radius 1 is 1.12 bits per heavy atom. The molecule has 1 aromatic heterocycles. The first-order chi connectivity index (χ1) is 11.6. The molecule has 0 atom stereocenters. The van der Waals surface area contributed by atoms with Crippen LogP contribution in [-0.2, 0) is 4.79 Å². The molecule has 0 aromatic carbocycles. The number of nitrogens with one attached hydrogen (secondary N) is 3. The molecule has 1 aromatic rings. The summed E-state index contributed by atoms with van der Waals surface area (Å²) in [6, 6.07) is 3.27. The Labute approximate surface area is 141 Å². The van der Waals surface area contributed by atoms with E-state index in [1.807, 2.05) is 0 Å². The molecule has 0 unspecified atom stereocenters. The van der Waals surface area contributed by atoms with Crippen LogP contribution in [0, 0.1) is 0 Å². The highest BCUT2D eigenvalue weighted by Gasteiger charge is 2.23. The minimum Gasteiger partial charge on any atom is -0.355 e. The van der Waals surface area contributed by atoms with E-state index < -0.39 is 0 Å². The van der Waals surface area contributed by atoms with Gasteiger partial charge in [0.1, 0.15) is 0 Å². The zero-order valence-corrected chi connectivity index (χ0v) is 13.7. The van der Waals surface area contributed by atoms with Gasteiger partial charge in [-0.1, -0.05) is 0 Å². The second-order valence-corrected chi connectivity index (χ2v) is 5.69. The molecule has 2 rings (SSSR count). The highest BCUT2D eigenvalue weighted by atomic mass is 16.2. The standard InChI is InChI=1S/C16H23N5O3/c1-12(22)18-8-9-19-16(24)21-10-4-14(5-11-21)20-15(23)13-2-6-17-7-3-13/h2-3,6-7,14H,4-5,8-11H2,1H3,(H,18,22)(H,19,24)(H,20,23). The number of amides is 4. The first kappa shape index (κ1) is 17.7. The lowest BCUT2D eigenvalue weighted by Gasteiger charge is -2.32. The van der Waals surface area contributed by atoms with E-state index >= 15 is 0 Å². The number of hydrogen-bond acceptors (Lipinski definition) is 4. The van der Waals surface area contributed by atoms with Crippen LogP contribution in [0.4, 0.5) is 4.79 Å². The fourth-order valence-electron chi connectivity index (χ4n) is 2.52. The number of nitrogens with zero attached hydrogens (tertiary/aromatic N) is 2. The van der Waals surface area contributed by atoms with Gasteiger partial charge in [-0.2, -0.15) is 0 Å². The Kier molecular flexibility index (Phi) is 6.53. The third-order valence-corrected chi connectivity index (χ3v) is 3.84. The van der Waals surface area contributed by atoms with Gasteiger partial charge in [0.05, 0.1) is 0 Å². The third kappa shape index (κ3) is 5.53. The number of urea groups is 1. The predicted octanol–water partition coefficient (Wildman–Crippen LogP) is 0.122. The maximum Gasteiger partial charge on any atom is 0.317 e. The maximum atomic E-state index is 12.1. The van der Waals surface area contributed by atoms with Gasteiger partial charge in [-0.05, 0) is 25.0 Å². The average molecular weight is 333 g/mol. The summed E-state index contributed by atoms with van der Waals surface area (Å²) in [7, 11) is 0. The summed E-state index contributed by atoms with van der Waals surface area (Å²) in [6.45, 7) is 3.43. The van der Waals surface area contributed by atoms with Crippen LogP contribution in [0.15, 0.2) is 24.5 Å². The number of hydrogen-bond donors (Lipinski definition) is 3. The topological polar surface area (TPSA) is 103 Å². The van der Waals surface area contributed by atoms with Crippen LogP contribution in [0.2, 0.25) is 0 Å². The van der Waals surface area contributed by atoms with Crippen LogP contribution in [0.1, 0.15) is 30.1 Å². The van der Waals surface area contributed by atoms with Crippen molar-refractivity contribution >= 4 is 17.8 Å². The van der Waals surface area contributed by atoms with E-state index in [0.717, 1.165) is 12.8 Å². The fraction of sp³-hybridized carbons (Fsp3) is 0.500. The van der Waals surface area contributed by atoms with Crippen LogP contribution in [0.5, 0.6) is 0 Å². The van der Waals surface area contributed by atoms with Gasteiger partial charge in [-0.15, -0.1) is 0 Å². The fourth-order valence-corrected chi connectivity index (χ4v) is 2.52. The van der Waals surface area contributed by atoms with Crippen molar-refractivity contribution in [1.82, 2.24) is 25.8 Å². The van der Waals surface area contributed by atoms with Crippen molar-refractivity contribution in [3.8, 4) is 0 Å². The molecule has 8 nitrogen and oxygen atoms in total. The highest BCUT2D eigenvalue weighted by Crippen LogP contribution is 2.11. The van der Waals surface area contributed by atoms with Gasteiger partial charge in [0.2, 0.25) is 5.91 Å². The lowest BCUT2D eigenvalue weighted by molar-refractivity contribution is -0.118. The molecule has 130 valence electrons. The van der Waals surface area contributed by atoms with Gasteiger partial charge in [0, 0.05) is 57.1 Å². The van der Waals surface area contributed by atoms with Crippen LogP contribution >= 0.6 is 0 Å². The molecule has 0 aliphatic carbocycles. The van der Waals surface area contributed by atoms with Gasteiger partial charge in [0.15, 0.2) is 0 Å². The lowest BCUT2D eigenvalue weighted by Crippen LogP contribution is -2.50. The third-order valence-electron chi connectivity index (χ3n) is 3.84. The Hall–Kier alpha value is -2.64. The summed E-state index contributed by atoms with van der Waals surface area (Å²) in [6.07, 6.45) is 4.61. The Morgan fingerprint density at radius 3 is 2.38 bits per heavy atom. The molecule has 2 heterocycles. The molecule has 8 heteroatoms. The summed E-state index contributed by atoms with van der Waals surface area (Å²) < 4.78 is 0. The Bertz CT molecular complexity index is 570. The number of likely N-dealkylation sites (tertiary alicyclic amines) is 1. The summed E-state index contributed by atoms with van der Waals surface area (Å²) in [5, 5.41) is 8.38. The van der Waals surface area contributed by atoms with E-state index in [4.69, 9.17) is 0 Å². The van der Waals surface area contributed by atoms with Crippen molar-refractivity contribution in [2.24, 2.45) is 0 Å². The number of carbonyl (C=O) groups is 3. The van der Waals surface area contributed by atoms with Gasteiger partial charge < -0.3 is 20.9 Å². The minimum absolute atomic E-state index is 0.0640. The van der Waals surface area contributed by atoms with E-state index in [-0.39, 0.29) is 23.9 Å². The molecule has 1 aliphatic rings. The van der Waals surface area contributed by atoms with Gasteiger partial charge in [-0.3, -0.25) is 14.6 Å².